The number of likely N-dealkylation sites (tertiary alicyclic amines) is 1. The van der Waals surface area contributed by atoms with Gasteiger partial charge in [-0.25, -0.2) is 4.39 Å². The van der Waals surface area contributed by atoms with Gasteiger partial charge in [0.25, 0.3) is 5.91 Å². The van der Waals surface area contributed by atoms with Gasteiger partial charge in [0.2, 0.25) is 0 Å². The molecule has 1 atom stereocenters. The van der Waals surface area contributed by atoms with Gasteiger partial charge in [0.1, 0.15) is 17.7 Å². The molecule has 6 heteroatoms. The number of pyridine rings is 1. The van der Waals surface area contributed by atoms with E-state index in [1.165, 1.54) is 12.1 Å². The molecule has 0 unspecified atom stereocenters. The lowest BCUT2D eigenvalue weighted by Crippen LogP contribution is -2.27. The van der Waals surface area contributed by atoms with E-state index in [4.69, 9.17) is 10.5 Å². The average Bonchev–Trinajstić information content (AvgIpc) is 3.29. The summed E-state index contributed by atoms with van der Waals surface area (Å²) in [5.74, 6) is 0.276. The molecule has 5 nitrogen and oxygen atoms in total. The summed E-state index contributed by atoms with van der Waals surface area (Å²) in [5, 5.41) is 0. The van der Waals surface area contributed by atoms with Gasteiger partial charge in [-0.15, -0.1) is 0 Å². The molecule has 0 saturated carbocycles. The molecular weight excluding hydrogens is 321 g/mol. The van der Waals surface area contributed by atoms with Gasteiger partial charge in [0.05, 0.1) is 5.69 Å². The van der Waals surface area contributed by atoms with Crippen molar-refractivity contribution in [1.29, 1.82) is 0 Å². The minimum atomic E-state index is -0.340. The molecule has 0 bridgehead atoms. The van der Waals surface area contributed by atoms with E-state index in [2.05, 4.69) is 4.98 Å². The van der Waals surface area contributed by atoms with Gasteiger partial charge < -0.3 is 15.4 Å². The van der Waals surface area contributed by atoms with Crippen LogP contribution in [0.1, 0.15) is 28.8 Å². The van der Waals surface area contributed by atoms with Crippen LogP contribution in [0.15, 0.2) is 30.5 Å². The molecule has 2 aliphatic heterocycles. The first kappa shape index (κ1) is 16.0. The van der Waals surface area contributed by atoms with Crippen molar-refractivity contribution in [1.82, 2.24) is 9.88 Å². The highest BCUT2D eigenvalue weighted by molar-refractivity contribution is 5.95. The number of nitrogens with zero attached hydrogens (tertiary/aromatic N) is 2. The predicted molar refractivity (Wildman–Crippen MR) is 91.9 cm³/mol. The highest BCUT2D eigenvalue weighted by atomic mass is 19.1. The number of rotatable bonds is 3. The standard InChI is InChI=1S/C19H20FN3O2/c20-14-7-13-8-15(11-21)25-18(13)16(10-14)17-9-12(3-4-22-17)19(24)23-5-1-2-6-23/h3-4,7,9-10,15H,1-2,5-6,8,11,21H2/t15-/m1/s1. The van der Waals surface area contributed by atoms with E-state index in [1.54, 1.807) is 18.3 Å². The summed E-state index contributed by atoms with van der Waals surface area (Å²) in [6.07, 6.45) is 4.10. The maximum Gasteiger partial charge on any atom is 0.253 e. The zero-order chi connectivity index (χ0) is 17.4. The quantitative estimate of drug-likeness (QED) is 0.931. The minimum absolute atomic E-state index is 0.00467. The summed E-state index contributed by atoms with van der Waals surface area (Å²) in [5.41, 5.74) is 8.16. The lowest BCUT2D eigenvalue weighted by Gasteiger charge is -2.16. The van der Waals surface area contributed by atoms with Crippen molar-refractivity contribution in [2.24, 2.45) is 5.73 Å². The molecule has 2 N–H and O–H groups in total. The normalized spacial score (nSPS) is 19.0. The molecule has 2 aliphatic rings. The number of hydrogen-bond acceptors (Lipinski definition) is 4. The third-order valence-electron chi connectivity index (χ3n) is 4.80. The molecule has 3 heterocycles. The fourth-order valence-corrected chi connectivity index (χ4v) is 3.53. The van der Waals surface area contributed by atoms with Crippen LogP contribution in [0.3, 0.4) is 0 Å². The topological polar surface area (TPSA) is 68.5 Å². The lowest BCUT2D eigenvalue weighted by molar-refractivity contribution is 0.0792. The van der Waals surface area contributed by atoms with Crippen LogP contribution in [0.2, 0.25) is 0 Å². The van der Waals surface area contributed by atoms with E-state index < -0.39 is 0 Å². The van der Waals surface area contributed by atoms with Gasteiger partial charge in [-0.1, -0.05) is 0 Å². The number of nitrogens with two attached hydrogens (primary N) is 1. The molecule has 1 saturated heterocycles. The van der Waals surface area contributed by atoms with E-state index in [9.17, 15) is 9.18 Å². The summed E-state index contributed by atoms with van der Waals surface area (Å²) in [4.78, 5) is 18.8. The summed E-state index contributed by atoms with van der Waals surface area (Å²) >= 11 is 0. The molecule has 1 aromatic carbocycles. The van der Waals surface area contributed by atoms with Crippen LogP contribution in [0.4, 0.5) is 4.39 Å². The van der Waals surface area contributed by atoms with E-state index in [0.717, 1.165) is 31.5 Å². The molecule has 0 radical (unpaired) electrons. The van der Waals surface area contributed by atoms with Crippen molar-refractivity contribution in [3.63, 3.8) is 0 Å². The third kappa shape index (κ3) is 2.98. The van der Waals surface area contributed by atoms with Crippen molar-refractivity contribution >= 4 is 5.91 Å². The monoisotopic (exact) mass is 341 g/mol. The molecule has 1 amide bonds. The number of fused-ring (bicyclic) bond motifs is 1. The van der Waals surface area contributed by atoms with Gasteiger partial charge >= 0.3 is 0 Å². The molecular formula is C19H20FN3O2. The van der Waals surface area contributed by atoms with Crippen molar-refractivity contribution in [3.8, 4) is 17.0 Å². The number of aromatic nitrogens is 1. The van der Waals surface area contributed by atoms with Crippen LogP contribution < -0.4 is 10.5 Å². The summed E-state index contributed by atoms with van der Waals surface area (Å²) in [6, 6.07) is 6.31. The van der Waals surface area contributed by atoms with E-state index in [1.807, 2.05) is 4.90 Å². The Morgan fingerprint density at radius 2 is 2.12 bits per heavy atom. The predicted octanol–water partition coefficient (Wildman–Crippen LogP) is 2.39. The summed E-state index contributed by atoms with van der Waals surface area (Å²) in [7, 11) is 0. The largest absolute Gasteiger partial charge is 0.488 e. The average molecular weight is 341 g/mol. The summed E-state index contributed by atoms with van der Waals surface area (Å²) in [6.45, 7) is 1.94. The van der Waals surface area contributed by atoms with Crippen molar-refractivity contribution in [3.05, 3.63) is 47.4 Å². The van der Waals surface area contributed by atoms with Crippen LogP contribution >= 0.6 is 0 Å². The van der Waals surface area contributed by atoms with Gasteiger partial charge in [-0.3, -0.25) is 9.78 Å². The molecule has 0 spiro atoms. The number of ether oxygens (including phenoxy) is 1. The maximum absolute atomic E-state index is 14.1. The van der Waals surface area contributed by atoms with Gasteiger partial charge in [-0.05, 0) is 37.1 Å². The van der Waals surface area contributed by atoms with Crippen molar-refractivity contribution < 1.29 is 13.9 Å². The smallest absolute Gasteiger partial charge is 0.253 e. The molecule has 25 heavy (non-hydrogen) atoms. The zero-order valence-corrected chi connectivity index (χ0v) is 13.9. The van der Waals surface area contributed by atoms with Crippen LogP contribution in [0, 0.1) is 5.82 Å². The number of halogens is 1. The fourth-order valence-electron chi connectivity index (χ4n) is 3.53. The summed E-state index contributed by atoms with van der Waals surface area (Å²) < 4.78 is 19.9. The van der Waals surface area contributed by atoms with Crippen LogP contribution in [-0.2, 0) is 6.42 Å². The lowest BCUT2D eigenvalue weighted by atomic mass is 10.0. The van der Waals surface area contributed by atoms with Gasteiger partial charge in [0.15, 0.2) is 0 Å². The molecule has 130 valence electrons. The molecule has 0 aliphatic carbocycles. The van der Waals surface area contributed by atoms with Gasteiger partial charge in [0, 0.05) is 48.9 Å². The highest BCUT2D eigenvalue weighted by Crippen LogP contribution is 2.39. The fraction of sp³-hybridized carbons (Fsp3) is 0.368. The molecule has 1 fully saturated rings. The Bertz CT molecular complexity index is 818. The molecule has 4 rings (SSSR count). The Hall–Kier alpha value is -2.47. The minimum Gasteiger partial charge on any atom is -0.488 e. The second kappa shape index (κ2) is 6.44. The second-order valence-electron chi connectivity index (χ2n) is 6.55. The van der Waals surface area contributed by atoms with E-state index in [-0.39, 0.29) is 17.8 Å². The van der Waals surface area contributed by atoms with Crippen LogP contribution in [-0.4, -0.2) is 41.5 Å². The van der Waals surface area contributed by atoms with Crippen molar-refractivity contribution in [2.45, 2.75) is 25.4 Å². The third-order valence-corrected chi connectivity index (χ3v) is 4.80. The second-order valence-corrected chi connectivity index (χ2v) is 6.55. The zero-order valence-electron chi connectivity index (χ0n) is 13.9. The number of hydrogen-bond donors (Lipinski definition) is 1. The number of benzene rings is 1. The first-order valence-corrected chi connectivity index (χ1v) is 8.60. The Balaban J connectivity index is 1.72. The Morgan fingerprint density at radius 3 is 2.88 bits per heavy atom. The van der Waals surface area contributed by atoms with Crippen molar-refractivity contribution in [2.75, 3.05) is 19.6 Å². The van der Waals surface area contributed by atoms with E-state index >= 15 is 0 Å². The Morgan fingerprint density at radius 1 is 1.32 bits per heavy atom. The Kier molecular flexibility index (Phi) is 4.13. The SMILES string of the molecule is NC[C@H]1Cc2cc(F)cc(-c3cc(C(=O)N4CCCC4)ccn3)c2O1. The first-order valence-electron chi connectivity index (χ1n) is 8.60. The maximum atomic E-state index is 14.1. The first-order chi connectivity index (χ1) is 12.2. The Labute approximate surface area is 145 Å². The number of amides is 1. The van der Waals surface area contributed by atoms with E-state index in [0.29, 0.717) is 35.5 Å². The number of carbonyl (C=O) groups excluding carboxylic acids is 1. The van der Waals surface area contributed by atoms with Gasteiger partial charge in [-0.2, -0.15) is 0 Å². The number of carbonyl (C=O) groups is 1. The van der Waals surface area contributed by atoms with Crippen LogP contribution in [0.25, 0.3) is 11.3 Å². The molecule has 1 aromatic heterocycles. The van der Waals surface area contributed by atoms with Crippen LogP contribution in [0.5, 0.6) is 5.75 Å². The highest BCUT2D eigenvalue weighted by Gasteiger charge is 2.27. The molecule has 2 aromatic rings.